The molecule has 46 heavy (non-hydrogen) atoms. The molecule has 238 valence electrons. The summed E-state index contributed by atoms with van der Waals surface area (Å²) in [6.45, 7) is 7.49. The highest BCUT2D eigenvalue weighted by molar-refractivity contribution is 5.96. The number of benzene rings is 4. The fraction of sp³-hybridized carbons (Fsp3) is 0.385. The van der Waals surface area contributed by atoms with Gasteiger partial charge >= 0.3 is 5.97 Å². The van der Waals surface area contributed by atoms with Crippen molar-refractivity contribution in [2.75, 3.05) is 13.1 Å². The van der Waals surface area contributed by atoms with Crippen molar-refractivity contribution >= 4 is 22.6 Å². The van der Waals surface area contributed by atoms with E-state index in [1.807, 2.05) is 86.3 Å². The topological polar surface area (TPSA) is 65.1 Å². The number of carbonyl (C=O) groups is 2. The molecule has 3 fully saturated rings. The molecule has 4 aromatic rings. The van der Waals surface area contributed by atoms with E-state index < -0.39 is 16.4 Å². The summed E-state index contributed by atoms with van der Waals surface area (Å²) in [4.78, 5) is 29.1. The number of amides is 1. The predicted octanol–water partition coefficient (Wildman–Crippen LogP) is 7.58. The van der Waals surface area contributed by atoms with Crippen molar-refractivity contribution < 1.29 is 28.2 Å². The van der Waals surface area contributed by atoms with Crippen molar-refractivity contribution in [2.45, 2.75) is 70.9 Å². The molecule has 2 heterocycles. The molecule has 1 aliphatic carbocycles. The molecule has 0 aromatic heterocycles. The summed E-state index contributed by atoms with van der Waals surface area (Å²) in [5, 5.41) is 2.08. The lowest BCUT2D eigenvalue weighted by atomic mass is 9.66. The lowest BCUT2D eigenvalue weighted by Gasteiger charge is -2.44. The number of esters is 1. The molecule has 0 spiro atoms. The molecule has 2 aliphatic heterocycles. The number of likely N-dealkylation sites (tertiary alicyclic amines) is 1. The van der Waals surface area contributed by atoms with Crippen LogP contribution in [0, 0.1) is 16.6 Å². The predicted molar refractivity (Wildman–Crippen MR) is 174 cm³/mol. The van der Waals surface area contributed by atoms with Crippen molar-refractivity contribution in [3.8, 4) is 5.75 Å². The van der Waals surface area contributed by atoms with Crippen LogP contribution in [0.2, 0.25) is 0 Å². The highest BCUT2D eigenvalue weighted by Gasteiger charge is 2.76. The molecule has 2 saturated heterocycles. The highest BCUT2D eigenvalue weighted by Crippen LogP contribution is 2.66. The number of fused-ring (bicyclic) bond motifs is 3. The highest BCUT2D eigenvalue weighted by atomic mass is 19.1. The molecule has 1 amide bonds. The summed E-state index contributed by atoms with van der Waals surface area (Å²) >= 11 is 0. The van der Waals surface area contributed by atoms with Gasteiger partial charge in [0.1, 0.15) is 18.2 Å². The Morgan fingerprint density at radius 2 is 1.65 bits per heavy atom. The third kappa shape index (κ3) is 4.96. The Kier molecular flexibility index (Phi) is 7.63. The summed E-state index contributed by atoms with van der Waals surface area (Å²) in [6.07, 6.45) is 1.45. The SMILES string of the molecule is CC1(C)[C@@]2(C)CC[C@@]1(C(=O)N1CC[C@H](c3ccc(F)cc3)[C@@H](OCc3cc(OCc4ccccc4)c4ccccc4c3)C1)OC2=O. The second-order valence-electron chi connectivity index (χ2n) is 13.8. The lowest BCUT2D eigenvalue weighted by molar-refractivity contribution is -0.176. The molecule has 3 aliphatic rings. The Morgan fingerprint density at radius 1 is 0.913 bits per heavy atom. The average molecular weight is 622 g/mol. The van der Waals surface area contributed by atoms with Crippen LogP contribution in [0.15, 0.2) is 91.0 Å². The van der Waals surface area contributed by atoms with Crippen molar-refractivity contribution in [1.82, 2.24) is 4.90 Å². The van der Waals surface area contributed by atoms with Gasteiger partial charge in [-0.25, -0.2) is 4.39 Å². The maximum atomic E-state index is 14.3. The van der Waals surface area contributed by atoms with Crippen molar-refractivity contribution in [3.63, 3.8) is 0 Å². The van der Waals surface area contributed by atoms with E-state index in [9.17, 15) is 14.0 Å². The zero-order valence-corrected chi connectivity index (χ0v) is 26.6. The minimum atomic E-state index is -1.17. The first-order valence-corrected chi connectivity index (χ1v) is 16.2. The smallest absolute Gasteiger partial charge is 0.313 e. The van der Waals surface area contributed by atoms with Crippen LogP contribution in [0.5, 0.6) is 5.75 Å². The molecular weight excluding hydrogens is 581 g/mol. The van der Waals surface area contributed by atoms with Crippen molar-refractivity contribution in [1.29, 1.82) is 0 Å². The Balaban J connectivity index is 1.15. The van der Waals surface area contributed by atoms with E-state index in [4.69, 9.17) is 14.2 Å². The minimum absolute atomic E-state index is 0.0376. The van der Waals surface area contributed by atoms with E-state index in [0.29, 0.717) is 45.6 Å². The minimum Gasteiger partial charge on any atom is -0.488 e. The third-order valence-electron chi connectivity index (χ3n) is 11.2. The van der Waals surface area contributed by atoms with E-state index >= 15 is 0 Å². The fourth-order valence-electron chi connectivity index (χ4n) is 7.81. The van der Waals surface area contributed by atoms with Crippen LogP contribution in [0.1, 0.15) is 62.6 Å². The number of carbonyl (C=O) groups excluding carboxylic acids is 2. The van der Waals surface area contributed by atoms with Crippen LogP contribution >= 0.6 is 0 Å². The zero-order chi connectivity index (χ0) is 32.1. The quantitative estimate of drug-likeness (QED) is 0.190. The van der Waals surface area contributed by atoms with Gasteiger partial charge in [0.15, 0.2) is 5.60 Å². The summed E-state index contributed by atoms with van der Waals surface area (Å²) in [5.41, 5.74) is 0.541. The molecule has 0 radical (unpaired) electrons. The first kappa shape index (κ1) is 30.4. The monoisotopic (exact) mass is 621 g/mol. The van der Waals surface area contributed by atoms with E-state index in [0.717, 1.165) is 33.2 Å². The van der Waals surface area contributed by atoms with Gasteiger partial charge in [0.05, 0.1) is 18.1 Å². The Hall–Kier alpha value is -4.23. The van der Waals surface area contributed by atoms with Crippen LogP contribution in [-0.2, 0) is 32.3 Å². The number of halogens is 1. The number of rotatable bonds is 8. The largest absolute Gasteiger partial charge is 0.488 e. The fourth-order valence-corrected chi connectivity index (χ4v) is 7.81. The van der Waals surface area contributed by atoms with Gasteiger partial charge in [-0.15, -0.1) is 0 Å². The molecule has 0 unspecified atom stereocenters. The lowest BCUT2D eigenvalue weighted by Crippen LogP contribution is -2.58. The molecular formula is C39H40FNO5. The molecule has 0 N–H and O–H groups in total. The van der Waals surface area contributed by atoms with Crippen LogP contribution in [0.4, 0.5) is 4.39 Å². The van der Waals surface area contributed by atoms with Crippen LogP contribution < -0.4 is 4.74 Å². The standard InChI is InChI=1S/C39H40FNO5/c1-37(2)38(3)18-19-39(37,46-36(38)43)35(42)41-20-17-32(28-13-15-30(40)16-14-28)34(23-41)45-25-27-21-29-11-7-8-12-31(29)33(22-27)44-24-26-9-5-4-6-10-26/h4-16,21-22,32,34H,17-20,23-25H2,1-3H3/t32-,34+,38+,39+/m1/s1. The summed E-state index contributed by atoms with van der Waals surface area (Å²) in [5.74, 6) is 0.0315. The van der Waals surface area contributed by atoms with Gasteiger partial charge in [-0.2, -0.15) is 0 Å². The molecule has 1 saturated carbocycles. The number of hydrogen-bond acceptors (Lipinski definition) is 5. The first-order valence-electron chi connectivity index (χ1n) is 16.2. The van der Waals surface area contributed by atoms with Gasteiger partial charge in [-0.1, -0.05) is 80.6 Å². The zero-order valence-electron chi connectivity index (χ0n) is 26.6. The molecule has 7 rings (SSSR count). The van der Waals surface area contributed by atoms with Gasteiger partial charge < -0.3 is 19.1 Å². The van der Waals surface area contributed by atoms with Gasteiger partial charge in [-0.3, -0.25) is 9.59 Å². The van der Waals surface area contributed by atoms with Crippen molar-refractivity contribution in [3.05, 3.63) is 114 Å². The maximum absolute atomic E-state index is 14.3. The summed E-state index contributed by atoms with van der Waals surface area (Å²) in [7, 11) is 0. The molecule has 2 bridgehead atoms. The van der Waals surface area contributed by atoms with Crippen LogP contribution in [0.3, 0.4) is 0 Å². The van der Waals surface area contributed by atoms with Gasteiger partial charge in [0.2, 0.25) is 0 Å². The number of piperidine rings is 1. The number of nitrogens with zero attached hydrogens (tertiary/aromatic N) is 1. The number of hydrogen-bond donors (Lipinski definition) is 0. The molecule has 7 heteroatoms. The molecule has 4 aromatic carbocycles. The maximum Gasteiger partial charge on any atom is 0.313 e. The summed E-state index contributed by atoms with van der Waals surface area (Å²) < 4.78 is 32.9. The second-order valence-corrected chi connectivity index (χ2v) is 13.8. The first-order chi connectivity index (χ1) is 22.1. The number of ether oxygens (including phenoxy) is 3. The normalized spacial score (nSPS) is 26.7. The van der Waals surface area contributed by atoms with Crippen molar-refractivity contribution in [2.24, 2.45) is 10.8 Å². The van der Waals surface area contributed by atoms with Gasteiger partial charge in [-0.05, 0) is 72.5 Å². The van der Waals surface area contributed by atoms with Crippen LogP contribution in [-0.4, -0.2) is 41.6 Å². The molecule has 6 nitrogen and oxygen atoms in total. The van der Waals surface area contributed by atoms with E-state index in [-0.39, 0.29) is 29.7 Å². The summed E-state index contributed by atoms with van der Waals surface area (Å²) in [6, 6.07) is 28.9. The molecule has 4 atom stereocenters. The van der Waals surface area contributed by atoms with E-state index in [1.165, 1.54) is 12.1 Å². The third-order valence-corrected chi connectivity index (χ3v) is 11.2. The van der Waals surface area contributed by atoms with E-state index in [2.05, 4.69) is 18.2 Å². The van der Waals surface area contributed by atoms with Gasteiger partial charge in [0.25, 0.3) is 5.91 Å². The Labute approximate surface area is 269 Å². The Bertz CT molecular complexity index is 1770. The Morgan fingerprint density at radius 3 is 2.37 bits per heavy atom. The van der Waals surface area contributed by atoms with Crippen LogP contribution in [0.25, 0.3) is 10.8 Å². The van der Waals surface area contributed by atoms with E-state index in [1.54, 1.807) is 0 Å². The van der Waals surface area contributed by atoms with Gasteiger partial charge in [0, 0.05) is 29.8 Å². The second kappa shape index (κ2) is 11.5. The average Bonchev–Trinajstić information content (AvgIpc) is 3.37.